The summed E-state index contributed by atoms with van der Waals surface area (Å²) in [4.78, 5) is -0.449. The lowest BCUT2D eigenvalue weighted by Gasteiger charge is -2.30. The largest absolute Gasteiger partial charge is 0.396 e. The van der Waals surface area contributed by atoms with E-state index in [1.54, 1.807) is 0 Å². The molecule has 1 aliphatic rings. The summed E-state index contributed by atoms with van der Waals surface area (Å²) in [5.41, 5.74) is 5.20. The summed E-state index contributed by atoms with van der Waals surface area (Å²) in [6.45, 7) is 0. The molecule has 0 spiro atoms. The van der Waals surface area contributed by atoms with Gasteiger partial charge in [-0.15, -0.1) is 0 Å². The molecule has 0 saturated heterocycles. The van der Waals surface area contributed by atoms with Crippen molar-refractivity contribution in [3.05, 3.63) is 23.0 Å². The number of hydrogen-bond acceptors (Lipinski definition) is 3. The maximum absolute atomic E-state index is 14.0. The van der Waals surface area contributed by atoms with E-state index in [2.05, 4.69) is 0 Å². The van der Waals surface area contributed by atoms with Gasteiger partial charge in [0.15, 0.2) is 5.82 Å². The van der Waals surface area contributed by atoms with Crippen LogP contribution < -0.4 is 5.73 Å². The number of sulfonamides is 1. The zero-order valence-corrected chi connectivity index (χ0v) is 12.8. The highest BCUT2D eigenvalue weighted by Gasteiger charge is 2.32. The molecule has 4 nitrogen and oxygen atoms in total. The van der Waals surface area contributed by atoms with Gasteiger partial charge in [-0.1, -0.05) is 30.9 Å². The number of nitrogens with zero attached hydrogens (tertiary/aromatic N) is 1. The number of hydrogen-bond donors (Lipinski definition) is 1. The Morgan fingerprint density at radius 3 is 2.50 bits per heavy atom. The molecule has 0 bridgehead atoms. The monoisotopic (exact) mass is 320 g/mol. The van der Waals surface area contributed by atoms with Crippen LogP contribution >= 0.6 is 11.6 Å². The van der Waals surface area contributed by atoms with E-state index in [0.29, 0.717) is 0 Å². The average molecular weight is 321 g/mol. The summed E-state index contributed by atoms with van der Waals surface area (Å²) in [7, 11) is -2.43. The first-order chi connectivity index (χ1) is 9.34. The van der Waals surface area contributed by atoms with E-state index in [9.17, 15) is 12.8 Å². The summed E-state index contributed by atoms with van der Waals surface area (Å²) in [6, 6.07) is 2.23. The lowest BCUT2D eigenvalue weighted by Crippen LogP contribution is -2.38. The number of anilines is 1. The Hall–Kier alpha value is -0.850. The molecular formula is C13H18ClFN2O2S. The Morgan fingerprint density at radius 2 is 1.90 bits per heavy atom. The second kappa shape index (κ2) is 5.87. The van der Waals surface area contributed by atoms with Crippen molar-refractivity contribution in [2.45, 2.75) is 43.0 Å². The highest BCUT2D eigenvalue weighted by molar-refractivity contribution is 7.89. The van der Waals surface area contributed by atoms with Gasteiger partial charge < -0.3 is 5.73 Å². The van der Waals surface area contributed by atoms with Gasteiger partial charge in [0, 0.05) is 18.1 Å². The fourth-order valence-electron chi connectivity index (χ4n) is 2.57. The minimum Gasteiger partial charge on any atom is -0.396 e. The predicted molar refractivity (Wildman–Crippen MR) is 77.6 cm³/mol. The van der Waals surface area contributed by atoms with Crippen molar-refractivity contribution in [1.82, 2.24) is 4.31 Å². The van der Waals surface area contributed by atoms with Crippen molar-refractivity contribution in [3.8, 4) is 0 Å². The van der Waals surface area contributed by atoms with Crippen LogP contribution in [0.5, 0.6) is 0 Å². The Morgan fingerprint density at radius 1 is 1.30 bits per heavy atom. The highest BCUT2D eigenvalue weighted by atomic mass is 35.5. The summed E-state index contributed by atoms with van der Waals surface area (Å²) >= 11 is 5.79. The van der Waals surface area contributed by atoms with Crippen LogP contribution in [-0.2, 0) is 10.0 Å². The Bertz CT molecular complexity index is 601. The average Bonchev–Trinajstić information content (AvgIpc) is 2.42. The van der Waals surface area contributed by atoms with Crippen molar-refractivity contribution >= 4 is 27.3 Å². The SMILES string of the molecule is CN(C1CCCCC1)S(=O)(=O)c1cc(Cl)cc(N)c1F. The van der Waals surface area contributed by atoms with Crippen molar-refractivity contribution in [2.75, 3.05) is 12.8 Å². The molecule has 0 unspecified atom stereocenters. The maximum atomic E-state index is 14.0. The third kappa shape index (κ3) is 2.92. The van der Waals surface area contributed by atoms with Crippen LogP contribution in [0.2, 0.25) is 5.02 Å². The Kier molecular flexibility index (Phi) is 4.56. The number of halogens is 2. The zero-order chi connectivity index (χ0) is 14.9. The van der Waals surface area contributed by atoms with E-state index in [1.165, 1.54) is 17.4 Å². The van der Waals surface area contributed by atoms with Gasteiger partial charge >= 0.3 is 0 Å². The van der Waals surface area contributed by atoms with Gasteiger partial charge in [0.2, 0.25) is 10.0 Å². The Labute approximate surface area is 123 Å². The van der Waals surface area contributed by atoms with Crippen LogP contribution in [-0.4, -0.2) is 25.8 Å². The standard InChI is InChI=1S/C13H18ClFN2O2S/c1-17(10-5-3-2-4-6-10)20(18,19)12-8-9(14)7-11(16)13(12)15/h7-8,10H,2-6,16H2,1H3. The lowest BCUT2D eigenvalue weighted by molar-refractivity contribution is 0.285. The quantitative estimate of drug-likeness (QED) is 0.871. The maximum Gasteiger partial charge on any atom is 0.246 e. The van der Waals surface area contributed by atoms with E-state index in [1.807, 2.05) is 0 Å². The third-order valence-corrected chi connectivity index (χ3v) is 5.91. The molecule has 7 heteroatoms. The van der Waals surface area contributed by atoms with Crippen molar-refractivity contribution in [2.24, 2.45) is 0 Å². The molecule has 0 heterocycles. The predicted octanol–water partition coefficient (Wildman–Crippen LogP) is 3.01. The van der Waals surface area contributed by atoms with Crippen molar-refractivity contribution in [1.29, 1.82) is 0 Å². The third-order valence-electron chi connectivity index (χ3n) is 3.78. The molecule has 112 valence electrons. The number of nitrogens with two attached hydrogens (primary N) is 1. The van der Waals surface area contributed by atoms with Gasteiger partial charge in [-0.05, 0) is 25.0 Å². The van der Waals surface area contributed by atoms with Gasteiger partial charge in [0.05, 0.1) is 5.69 Å². The normalized spacial score (nSPS) is 17.6. The molecule has 1 aromatic rings. The van der Waals surface area contributed by atoms with Crippen LogP contribution in [0.3, 0.4) is 0 Å². The lowest BCUT2D eigenvalue weighted by atomic mass is 9.96. The van der Waals surface area contributed by atoms with E-state index in [-0.39, 0.29) is 16.8 Å². The van der Waals surface area contributed by atoms with Gasteiger partial charge in [0.1, 0.15) is 4.90 Å². The molecule has 1 aromatic carbocycles. The Balaban J connectivity index is 2.39. The minimum atomic E-state index is -3.92. The van der Waals surface area contributed by atoms with Crippen LogP contribution in [0, 0.1) is 5.82 Å². The summed E-state index contributed by atoms with van der Waals surface area (Å²) < 4.78 is 40.3. The fraction of sp³-hybridized carbons (Fsp3) is 0.538. The summed E-state index contributed by atoms with van der Waals surface area (Å²) in [5.74, 6) is -0.933. The topological polar surface area (TPSA) is 63.4 Å². The molecule has 0 radical (unpaired) electrons. The van der Waals surface area contributed by atoms with E-state index in [4.69, 9.17) is 17.3 Å². The smallest absolute Gasteiger partial charge is 0.246 e. The van der Waals surface area contributed by atoms with Gasteiger partial charge in [0.25, 0.3) is 0 Å². The summed E-state index contributed by atoms with van der Waals surface area (Å²) in [5, 5.41) is 0.111. The molecule has 1 aliphatic carbocycles. The zero-order valence-electron chi connectivity index (χ0n) is 11.3. The van der Waals surface area contributed by atoms with Crippen molar-refractivity contribution in [3.63, 3.8) is 0 Å². The molecule has 0 amide bonds. The highest BCUT2D eigenvalue weighted by Crippen LogP contribution is 2.30. The van der Waals surface area contributed by atoms with Gasteiger partial charge in [-0.3, -0.25) is 0 Å². The molecule has 2 rings (SSSR count). The first-order valence-corrected chi connectivity index (χ1v) is 8.38. The molecule has 1 fully saturated rings. The van der Waals surface area contributed by atoms with Gasteiger partial charge in [-0.25, -0.2) is 12.8 Å². The second-order valence-electron chi connectivity index (χ2n) is 5.12. The van der Waals surface area contributed by atoms with Crippen LogP contribution in [0.25, 0.3) is 0 Å². The van der Waals surface area contributed by atoms with Crippen molar-refractivity contribution < 1.29 is 12.8 Å². The first kappa shape index (κ1) is 15.5. The summed E-state index contributed by atoms with van der Waals surface area (Å²) in [6.07, 6.45) is 4.69. The molecule has 0 atom stereocenters. The number of rotatable bonds is 3. The second-order valence-corrected chi connectivity index (χ2v) is 7.52. The van der Waals surface area contributed by atoms with Crippen LogP contribution in [0.1, 0.15) is 32.1 Å². The van der Waals surface area contributed by atoms with Gasteiger partial charge in [-0.2, -0.15) is 4.31 Å². The minimum absolute atomic E-state index is 0.0895. The molecule has 1 saturated carbocycles. The molecule has 2 N–H and O–H groups in total. The van der Waals surface area contributed by atoms with Crippen LogP contribution in [0.15, 0.2) is 17.0 Å². The fourth-order valence-corrected chi connectivity index (χ4v) is 4.39. The van der Waals surface area contributed by atoms with Crippen LogP contribution in [0.4, 0.5) is 10.1 Å². The molecule has 0 aliphatic heterocycles. The van der Waals surface area contributed by atoms with E-state index in [0.717, 1.165) is 38.2 Å². The van der Waals surface area contributed by atoms with E-state index >= 15 is 0 Å². The molecular weight excluding hydrogens is 303 g/mol. The number of nitrogen functional groups attached to an aromatic ring is 1. The van der Waals surface area contributed by atoms with E-state index < -0.39 is 20.7 Å². The molecule has 0 aromatic heterocycles. The number of benzene rings is 1. The first-order valence-electron chi connectivity index (χ1n) is 6.56. The molecule has 20 heavy (non-hydrogen) atoms.